The average Bonchev–Trinajstić information content (AvgIpc) is 2.85. The summed E-state index contributed by atoms with van der Waals surface area (Å²) in [5.74, 6) is -0.602. The third-order valence-electron chi connectivity index (χ3n) is 4.18. The van der Waals surface area contributed by atoms with Crippen molar-refractivity contribution < 1.29 is 9.59 Å². The first-order valence-corrected chi connectivity index (χ1v) is 6.86. The fourth-order valence-corrected chi connectivity index (χ4v) is 2.94. The van der Waals surface area contributed by atoms with Gasteiger partial charge in [0.2, 0.25) is 0 Å². The molecule has 2 aromatic heterocycles. The summed E-state index contributed by atoms with van der Waals surface area (Å²) in [4.78, 5) is 29.2. The maximum Gasteiger partial charge on any atom is 0.177 e. The van der Waals surface area contributed by atoms with Gasteiger partial charge in [0, 0.05) is 17.8 Å². The highest BCUT2D eigenvalue weighted by Crippen LogP contribution is 2.37. The molecule has 0 aromatic carbocycles. The Morgan fingerprint density at radius 1 is 1.40 bits per heavy atom. The van der Waals surface area contributed by atoms with Gasteiger partial charge in [0.25, 0.3) is 0 Å². The lowest BCUT2D eigenvalue weighted by atomic mass is 9.69. The average molecular weight is 271 g/mol. The normalized spacial score (nSPS) is 22.1. The molecule has 2 heterocycles. The Labute approximate surface area is 117 Å². The van der Waals surface area contributed by atoms with E-state index in [2.05, 4.69) is 10.1 Å². The minimum atomic E-state index is -0.535. The highest BCUT2D eigenvalue weighted by atomic mass is 16.2. The number of carbonyl (C=O) groups excluding carboxylic acids is 2. The van der Waals surface area contributed by atoms with Gasteiger partial charge in [-0.1, -0.05) is 20.3 Å². The molecule has 1 fully saturated rings. The zero-order valence-corrected chi connectivity index (χ0v) is 11.7. The van der Waals surface area contributed by atoms with Crippen molar-refractivity contribution in [1.29, 1.82) is 0 Å². The van der Waals surface area contributed by atoms with Crippen LogP contribution in [0.2, 0.25) is 0 Å². The van der Waals surface area contributed by atoms with E-state index < -0.39 is 11.3 Å². The van der Waals surface area contributed by atoms with Crippen molar-refractivity contribution in [2.24, 2.45) is 11.3 Å². The maximum absolute atomic E-state index is 12.7. The maximum atomic E-state index is 12.7. The highest BCUT2D eigenvalue weighted by molar-refractivity contribution is 6.15. The summed E-state index contributed by atoms with van der Waals surface area (Å²) in [5, 5.41) is 4.14. The summed E-state index contributed by atoms with van der Waals surface area (Å²) in [7, 11) is 0. The lowest BCUT2D eigenvalue weighted by Gasteiger charge is -2.32. The highest BCUT2D eigenvalue weighted by Gasteiger charge is 2.41. The van der Waals surface area contributed by atoms with Gasteiger partial charge in [-0.05, 0) is 12.8 Å². The van der Waals surface area contributed by atoms with Gasteiger partial charge < -0.3 is 0 Å². The van der Waals surface area contributed by atoms with Crippen molar-refractivity contribution in [2.45, 2.75) is 33.1 Å². The predicted molar refractivity (Wildman–Crippen MR) is 73.4 cm³/mol. The molecule has 0 aliphatic heterocycles. The van der Waals surface area contributed by atoms with E-state index in [0.717, 1.165) is 12.8 Å². The first-order chi connectivity index (χ1) is 9.50. The molecule has 104 valence electrons. The first kappa shape index (κ1) is 13.0. The van der Waals surface area contributed by atoms with Crippen molar-refractivity contribution in [3.63, 3.8) is 0 Å². The van der Waals surface area contributed by atoms with Crippen LogP contribution in [0.5, 0.6) is 0 Å². The zero-order chi connectivity index (χ0) is 14.3. The molecule has 0 N–H and O–H groups in total. The summed E-state index contributed by atoms with van der Waals surface area (Å²) < 4.78 is 1.61. The number of nitrogens with zero attached hydrogens (tertiary/aromatic N) is 3. The van der Waals surface area contributed by atoms with Gasteiger partial charge in [-0.2, -0.15) is 5.10 Å². The lowest BCUT2D eigenvalue weighted by molar-refractivity contribution is -0.132. The number of carbonyl (C=O) groups is 2. The van der Waals surface area contributed by atoms with E-state index in [1.54, 1.807) is 23.1 Å². The van der Waals surface area contributed by atoms with Gasteiger partial charge in [-0.25, -0.2) is 4.52 Å². The third-order valence-corrected chi connectivity index (χ3v) is 4.18. The lowest BCUT2D eigenvalue weighted by Crippen LogP contribution is -2.39. The van der Waals surface area contributed by atoms with Crippen LogP contribution in [0.4, 0.5) is 0 Å². The van der Waals surface area contributed by atoms with Gasteiger partial charge in [-0.3, -0.25) is 14.6 Å². The van der Waals surface area contributed by atoms with Crippen LogP contribution in [0.25, 0.3) is 5.52 Å². The smallest absolute Gasteiger partial charge is 0.177 e. The number of hydrogen-bond donors (Lipinski definition) is 0. The van der Waals surface area contributed by atoms with Crippen LogP contribution >= 0.6 is 0 Å². The third kappa shape index (κ3) is 1.94. The second kappa shape index (κ2) is 4.51. The molecular weight excluding hydrogens is 254 g/mol. The zero-order valence-electron chi connectivity index (χ0n) is 11.7. The standard InChI is InChI=1S/C15H17N3O2/c1-15(2)5-3-4-10(14(15)20)13(19)11-8-17-18-7-6-16-9-12(11)18/h6-10H,3-5H2,1-2H3. The van der Waals surface area contributed by atoms with Gasteiger partial charge in [0.05, 0.1) is 29.4 Å². The molecule has 20 heavy (non-hydrogen) atoms. The summed E-state index contributed by atoms with van der Waals surface area (Å²) in [6, 6.07) is 0. The van der Waals surface area contributed by atoms with Crippen molar-refractivity contribution in [3.05, 3.63) is 30.4 Å². The van der Waals surface area contributed by atoms with Crippen LogP contribution in [0.1, 0.15) is 43.5 Å². The quantitative estimate of drug-likeness (QED) is 0.621. The largest absolute Gasteiger partial charge is 0.298 e. The molecule has 0 spiro atoms. The summed E-state index contributed by atoms with van der Waals surface area (Å²) in [5.41, 5.74) is 0.752. The molecule has 1 atom stereocenters. The monoisotopic (exact) mass is 271 g/mol. The van der Waals surface area contributed by atoms with Gasteiger partial charge in [0.1, 0.15) is 5.78 Å². The van der Waals surface area contributed by atoms with Crippen LogP contribution in [-0.2, 0) is 4.79 Å². The fraction of sp³-hybridized carbons (Fsp3) is 0.467. The molecule has 0 amide bonds. The predicted octanol–water partition coefficient (Wildman–Crippen LogP) is 2.31. The van der Waals surface area contributed by atoms with Crippen LogP contribution < -0.4 is 0 Å². The van der Waals surface area contributed by atoms with Crippen molar-refractivity contribution in [3.8, 4) is 0 Å². The van der Waals surface area contributed by atoms with E-state index in [0.29, 0.717) is 17.5 Å². The molecule has 5 nitrogen and oxygen atoms in total. The van der Waals surface area contributed by atoms with Crippen LogP contribution in [-0.4, -0.2) is 26.2 Å². The number of hydrogen-bond acceptors (Lipinski definition) is 4. The number of rotatable bonds is 2. The molecule has 1 aliphatic carbocycles. The molecule has 5 heteroatoms. The Hall–Kier alpha value is -2.04. The van der Waals surface area contributed by atoms with Crippen molar-refractivity contribution >= 4 is 17.1 Å². The number of fused-ring (bicyclic) bond motifs is 1. The minimum Gasteiger partial charge on any atom is -0.298 e. The summed E-state index contributed by atoms with van der Waals surface area (Å²) >= 11 is 0. The Kier molecular flexibility index (Phi) is 2.92. The molecule has 1 unspecified atom stereocenters. The molecule has 3 rings (SSSR count). The molecular formula is C15H17N3O2. The van der Waals surface area contributed by atoms with E-state index in [-0.39, 0.29) is 11.6 Å². The van der Waals surface area contributed by atoms with Gasteiger partial charge >= 0.3 is 0 Å². The summed E-state index contributed by atoms with van der Waals surface area (Å²) in [6.07, 6.45) is 8.85. The van der Waals surface area contributed by atoms with E-state index >= 15 is 0 Å². The van der Waals surface area contributed by atoms with E-state index in [9.17, 15) is 9.59 Å². The van der Waals surface area contributed by atoms with Crippen LogP contribution in [0.15, 0.2) is 24.8 Å². The Bertz CT molecular complexity index is 687. The second-order valence-corrected chi connectivity index (χ2v) is 6.02. The topological polar surface area (TPSA) is 64.3 Å². The Morgan fingerprint density at radius 2 is 2.20 bits per heavy atom. The van der Waals surface area contributed by atoms with E-state index in [4.69, 9.17) is 0 Å². The fourth-order valence-electron chi connectivity index (χ4n) is 2.94. The van der Waals surface area contributed by atoms with Gasteiger partial charge in [-0.15, -0.1) is 0 Å². The molecule has 0 saturated heterocycles. The van der Waals surface area contributed by atoms with Gasteiger partial charge in [0.15, 0.2) is 5.78 Å². The Balaban J connectivity index is 1.98. The van der Waals surface area contributed by atoms with E-state index in [1.165, 1.54) is 6.20 Å². The Morgan fingerprint density at radius 3 is 3.00 bits per heavy atom. The molecule has 0 bridgehead atoms. The number of ketones is 2. The van der Waals surface area contributed by atoms with Crippen LogP contribution in [0, 0.1) is 11.3 Å². The van der Waals surface area contributed by atoms with Crippen molar-refractivity contribution in [1.82, 2.24) is 14.6 Å². The minimum absolute atomic E-state index is 0.0528. The van der Waals surface area contributed by atoms with Crippen LogP contribution in [0.3, 0.4) is 0 Å². The first-order valence-electron chi connectivity index (χ1n) is 6.86. The number of Topliss-reactive ketones (excluding diaryl/α,β-unsaturated/α-hetero) is 2. The summed E-state index contributed by atoms with van der Waals surface area (Å²) in [6.45, 7) is 3.85. The molecule has 1 aliphatic rings. The molecule has 1 saturated carbocycles. The van der Waals surface area contributed by atoms with Crippen molar-refractivity contribution in [2.75, 3.05) is 0 Å². The molecule has 0 radical (unpaired) electrons. The van der Waals surface area contributed by atoms with E-state index in [1.807, 2.05) is 13.8 Å². The second-order valence-electron chi connectivity index (χ2n) is 6.02. The molecule has 2 aromatic rings. The SMILES string of the molecule is CC1(C)CCCC(C(=O)c2cnn3ccncc23)C1=O. The number of aromatic nitrogens is 3.